The van der Waals surface area contributed by atoms with E-state index in [2.05, 4.69) is 24.5 Å². The lowest BCUT2D eigenvalue weighted by Gasteiger charge is -2.27. The highest BCUT2D eigenvalue weighted by Crippen LogP contribution is 2.19. The molecule has 0 aromatic rings. The second kappa shape index (κ2) is 9.73. The molecule has 0 radical (unpaired) electrons. The molecule has 0 heterocycles. The maximum absolute atomic E-state index is 11.7. The van der Waals surface area contributed by atoms with Gasteiger partial charge in [0, 0.05) is 24.9 Å². The molecule has 1 atom stereocenters. The highest BCUT2D eigenvalue weighted by atomic mass is 16.3. The van der Waals surface area contributed by atoms with Gasteiger partial charge >= 0.3 is 0 Å². The van der Waals surface area contributed by atoms with Gasteiger partial charge in [-0.3, -0.25) is 9.59 Å². The topological polar surface area (TPSA) is 98.7 Å². The summed E-state index contributed by atoms with van der Waals surface area (Å²) in [6.45, 7) is 8.14. The molecule has 0 aliphatic heterocycles. The molecule has 0 aromatic carbocycles. The van der Waals surface area contributed by atoms with E-state index >= 15 is 0 Å². The molecule has 0 bridgehead atoms. The third-order valence-electron chi connectivity index (χ3n) is 3.32. The smallest absolute Gasteiger partial charge is 0.249 e. The normalized spacial score (nSPS) is 13.1. The van der Waals surface area contributed by atoms with Crippen molar-refractivity contribution in [2.24, 2.45) is 11.3 Å². The molecule has 0 aliphatic rings. The number of rotatable bonds is 10. The Kier molecular flexibility index (Phi) is 9.21. The van der Waals surface area contributed by atoms with Crippen LogP contribution in [-0.4, -0.2) is 47.8 Å². The van der Waals surface area contributed by atoms with E-state index in [0.717, 1.165) is 6.42 Å². The van der Waals surface area contributed by atoms with E-state index in [-0.39, 0.29) is 12.5 Å². The van der Waals surface area contributed by atoms with Gasteiger partial charge in [-0.05, 0) is 18.8 Å². The number of carbonyl (C=O) groups excluding carboxylic acids is 2. The zero-order chi connectivity index (χ0) is 16.5. The van der Waals surface area contributed by atoms with E-state index in [4.69, 9.17) is 5.11 Å². The van der Waals surface area contributed by atoms with Gasteiger partial charge in [0.15, 0.2) is 0 Å². The van der Waals surface area contributed by atoms with Crippen LogP contribution in [0.25, 0.3) is 0 Å². The van der Waals surface area contributed by atoms with Crippen molar-refractivity contribution in [1.29, 1.82) is 0 Å². The van der Waals surface area contributed by atoms with Crippen molar-refractivity contribution in [2.45, 2.75) is 53.1 Å². The van der Waals surface area contributed by atoms with Gasteiger partial charge < -0.3 is 20.8 Å². The Morgan fingerprint density at radius 1 is 1.14 bits per heavy atom. The zero-order valence-electron chi connectivity index (χ0n) is 13.6. The first-order chi connectivity index (χ1) is 9.70. The molecule has 6 heteroatoms. The van der Waals surface area contributed by atoms with E-state index in [1.54, 1.807) is 13.8 Å². The minimum atomic E-state index is -1.26. The maximum Gasteiger partial charge on any atom is 0.249 e. The summed E-state index contributed by atoms with van der Waals surface area (Å²) in [6, 6.07) is 0. The van der Waals surface area contributed by atoms with E-state index in [1.165, 1.54) is 0 Å². The molecule has 124 valence electrons. The summed E-state index contributed by atoms with van der Waals surface area (Å²) in [4.78, 5) is 23.2. The standard InChI is InChI=1S/C15H30N2O4/c1-11(2)7-9-16-12(19)6-5-8-17-14(21)13(20)15(3,4)10-18/h11,13,18,20H,5-10H2,1-4H3,(H,16,19)(H,17,21)/t13-/m0/s1. The lowest BCUT2D eigenvalue weighted by atomic mass is 9.87. The first-order valence-electron chi connectivity index (χ1n) is 7.54. The minimum Gasteiger partial charge on any atom is -0.396 e. The summed E-state index contributed by atoms with van der Waals surface area (Å²) in [6.07, 6.45) is 0.552. The van der Waals surface area contributed by atoms with Crippen LogP contribution in [0.5, 0.6) is 0 Å². The number of amides is 2. The Balaban J connectivity index is 3.80. The van der Waals surface area contributed by atoms with Crippen LogP contribution in [0.3, 0.4) is 0 Å². The molecule has 0 unspecified atom stereocenters. The molecule has 0 spiro atoms. The first-order valence-corrected chi connectivity index (χ1v) is 7.54. The predicted molar refractivity (Wildman–Crippen MR) is 81.6 cm³/mol. The number of hydrogen-bond acceptors (Lipinski definition) is 4. The van der Waals surface area contributed by atoms with Gasteiger partial charge in [-0.2, -0.15) is 0 Å². The molecule has 2 amide bonds. The van der Waals surface area contributed by atoms with Crippen molar-refractivity contribution in [2.75, 3.05) is 19.7 Å². The summed E-state index contributed by atoms with van der Waals surface area (Å²) in [5.41, 5.74) is -0.877. The number of hydrogen-bond donors (Lipinski definition) is 4. The van der Waals surface area contributed by atoms with E-state index in [1.807, 2.05) is 0 Å². The Bertz CT molecular complexity index is 330. The summed E-state index contributed by atoms with van der Waals surface area (Å²) >= 11 is 0. The SMILES string of the molecule is CC(C)CCNC(=O)CCCNC(=O)[C@H](O)C(C)(C)CO. The quantitative estimate of drug-likeness (QED) is 0.440. The summed E-state index contributed by atoms with van der Waals surface area (Å²) < 4.78 is 0. The Morgan fingerprint density at radius 3 is 2.29 bits per heavy atom. The van der Waals surface area contributed by atoms with Crippen LogP contribution >= 0.6 is 0 Å². The monoisotopic (exact) mass is 302 g/mol. The van der Waals surface area contributed by atoms with Crippen molar-refractivity contribution >= 4 is 11.8 Å². The molecular formula is C15H30N2O4. The molecule has 0 saturated carbocycles. The molecule has 4 N–H and O–H groups in total. The summed E-state index contributed by atoms with van der Waals surface area (Å²) in [5, 5.41) is 24.3. The van der Waals surface area contributed by atoms with Crippen molar-refractivity contribution in [3.05, 3.63) is 0 Å². The van der Waals surface area contributed by atoms with Crippen molar-refractivity contribution in [3.63, 3.8) is 0 Å². The summed E-state index contributed by atoms with van der Waals surface area (Å²) in [5.74, 6) is 0.0105. The van der Waals surface area contributed by atoms with Crippen molar-refractivity contribution in [3.8, 4) is 0 Å². The van der Waals surface area contributed by atoms with Gasteiger partial charge in [0.2, 0.25) is 11.8 Å². The fraction of sp³-hybridized carbons (Fsp3) is 0.867. The first kappa shape index (κ1) is 19.9. The molecule has 0 aromatic heterocycles. The highest BCUT2D eigenvalue weighted by Gasteiger charge is 2.32. The van der Waals surface area contributed by atoms with Gasteiger partial charge in [0.1, 0.15) is 6.10 Å². The van der Waals surface area contributed by atoms with Crippen LogP contribution in [0.4, 0.5) is 0 Å². The molecule has 0 saturated heterocycles. The van der Waals surface area contributed by atoms with Crippen LogP contribution in [0.15, 0.2) is 0 Å². The molecule has 0 rings (SSSR count). The minimum absolute atomic E-state index is 0.0267. The van der Waals surface area contributed by atoms with Gasteiger partial charge in [0.25, 0.3) is 0 Å². The number of carbonyl (C=O) groups is 2. The van der Waals surface area contributed by atoms with Crippen molar-refractivity contribution in [1.82, 2.24) is 10.6 Å². The average Bonchev–Trinajstić information content (AvgIpc) is 2.42. The van der Waals surface area contributed by atoms with E-state index in [9.17, 15) is 14.7 Å². The van der Waals surface area contributed by atoms with E-state index < -0.39 is 17.4 Å². The lowest BCUT2D eigenvalue weighted by molar-refractivity contribution is -0.137. The predicted octanol–water partition coefficient (Wildman–Crippen LogP) is 0.425. The van der Waals surface area contributed by atoms with Gasteiger partial charge in [-0.15, -0.1) is 0 Å². The fourth-order valence-electron chi connectivity index (χ4n) is 1.59. The second-order valence-electron chi connectivity index (χ2n) is 6.48. The molecule has 0 fully saturated rings. The number of nitrogens with one attached hydrogen (secondary N) is 2. The highest BCUT2D eigenvalue weighted by molar-refractivity contribution is 5.81. The van der Waals surface area contributed by atoms with Crippen LogP contribution in [0, 0.1) is 11.3 Å². The Morgan fingerprint density at radius 2 is 1.76 bits per heavy atom. The maximum atomic E-state index is 11.7. The van der Waals surface area contributed by atoms with Crippen LogP contribution in [0.2, 0.25) is 0 Å². The van der Waals surface area contributed by atoms with Gasteiger partial charge in [0.05, 0.1) is 6.61 Å². The van der Waals surface area contributed by atoms with Crippen LogP contribution in [-0.2, 0) is 9.59 Å². The lowest BCUT2D eigenvalue weighted by Crippen LogP contribution is -2.45. The van der Waals surface area contributed by atoms with Crippen molar-refractivity contribution < 1.29 is 19.8 Å². The van der Waals surface area contributed by atoms with Crippen LogP contribution in [0.1, 0.15) is 47.0 Å². The second-order valence-corrected chi connectivity index (χ2v) is 6.48. The zero-order valence-corrected chi connectivity index (χ0v) is 13.6. The Labute approximate surface area is 127 Å². The molecule has 0 aliphatic carbocycles. The molecule has 21 heavy (non-hydrogen) atoms. The average molecular weight is 302 g/mol. The molecule has 6 nitrogen and oxygen atoms in total. The van der Waals surface area contributed by atoms with Gasteiger partial charge in [-0.25, -0.2) is 0 Å². The Hall–Kier alpha value is -1.14. The third kappa shape index (κ3) is 8.67. The number of aliphatic hydroxyl groups is 2. The summed E-state index contributed by atoms with van der Waals surface area (Å²) in [7, 11) is 0. The third-order valence-corrected chi connectivity index (χ3v) is 3.32. The largest absolute Gasteiger partial charge is 0.396 e. The molecular weight excluding hydrogens is 272 g/mol. The van der Waals surface area contributed by atoms with Gasteiger partial charge in [-0.1, -0.05) is 27.7 Å². The van der Waals surface area contributed by atoms with Crippen LogP contribution < -0.4 is 10.6 Å². The van der Waals surface area contributed by atoms with E-state index in [0.29, 0.717) is 31.8 Å². The fourth-order valence-corrected chi connectivity index (χ4v) is 1.59. The number of aliphatic hydroxyl groups excluding tert-OH is 2.